The van der Waals surface area contributed by atoms with Crippen LogP contribution in [0.25, 0.3) is 0 Å². The summed E-state index contributed by atoms with van der Waals surface area (Å²) in [7, 11) is 0. The second-order valence-electron chi connectivity index (χ2n) is 3.85. The minimum atomic E-state index is 0.105. The SMILES string of the molecule is CC(C)c1ccc(C(=O)CCN)cc1Br. The van der Waals surface area contributed by atoms with Crippen LogP contribution in [0, 0.1) is 0 Å². The van der Waals surface area contributed by atoms with Crippen LogP contribution in [0.5, 0.6) is 0 Å². The van der Waals surface area contributed by atoms with Gasteiger partial charge in [-0.25, -0.2) is 0 Å². The van der Waals surface area contributed by atoms with E-state index in [9.17, 15) is 4.79 Å². The van der Waals surface area contributed by atoms with Crippen molar-refractivity contribution in [3.8, 4) is 0 Å². The zero-order chi connectivity index (χ0) is 11.4. The van der Waals surface area contributed by atoms with Crippen LogP contribution in [0.4, 0.5) is 0 Å². The van der Waals surface area contributed by atoms with Crippen LogP contribution >= 0.6 is 15.9 Å². The van der Waals surface area contributed by atoms with Gasteiger partial charge in [0.2, 0.25) is 0 Å². The third kappa shape index (κ3) is 3.14. The molecule has 0 amide bonds. The molecule has 1 aromatic carbocycles. The lowest BCUT2D eigenvalue weighted by atomic mass is 10.00. The number of Topliss-reactive ketones (excluding diaryl/α,β-unsaturated/α-hetero) is 1. The van der Waals surface area contributed by atoms with E-state index in [1.807, 2.05) is 18.2 Å². The van der Waals surface area contributed by atoms with E-state index in [0.29, 0.717) is 18.9 Å². The highest BCUT2D eigenvalue weighted by atomic mass is 79.9. The third-order valence-electron chi connectivity index (χ3n) is 2.32. The van der Waals surface area contributed by atoms with Gasteiger partial charge in [0, 0.05) is 16.5 Å². The third-order valence-corrected chi connectivity index (χ3v) is 3.00. The van der Waals surface area contributed by atoms with Gasteiger partial charge in [-0.15, -0.1) is 0 Å². The fourth-order valence-corrected chi connectivity index (χ4v) is 2.28. The zero-order valence-corrected chi connectivity index (χ0v) is 10.7. The van der Waals surface area contributed by atoms with Crippen LogP contribution in [0.1, 0.15) is 42.1 Å². The number of nitrogens with two attached hydrogens (primary N) is 1. The van der Waals surface area contributed by atoms with Gasteiger partial charge in [-0.1, -0.05) is 41.9 Å². The van der Waals surface area contributed by atoms with Crippen molar-refractivity contribution in [2.24, 2.45) is 5.73 Å². The molecule has 0 saturated heterocycles. The Hall–Kier alpha value is -0.670. The predicted molar refractivity (Wildman–Crippen MR) is 66.2 cm³/mol. The molecule has 2 N–H and O–H groups in total. The smallest absolute Gasteiger partial charge is 0.164 e. The maximum Gasteiger partial charge on any atom is 0.164 e. The van der Waals surface area contributed by atoms with E-state index in [2.05, 4.69) is 29.8 Å². The number of halogens is 1. The number of ketones is 1. The molecule has 0 unspecified atom stereocenters. The van der Waals surface area contributed by atoms with Crippen LogP contribution < -0.4 is 5.73 Å². The van der Waals surface area contributed by atoms with E-state index in [1.165, 1.54) is 5.56 Å². The van der Waals surface area contributed by atoms with Crippen molar-refractivity contribution in [2.45, 2.75) is 26.2 Å². The number of carbonyl (C=O) groups is 1. The van der Waals surface area contributed by atoms with Crippen molar-refractivity contribution >= 4 is 21.7 Å². The van der Waals surface area contributed by atoms with Gasteiger partial charge < -0.3 is 5.73 Å². The van der Waals surface area contributed by atoms with E-state index in [1.54, 1.807) is 0 Å². The molecule has 0 aliphatic heterocycles. The average molecular weight is 270 g/mol. The lowest BCUT2D eigenvalue weighted by Gasteiger charge is -2.09. The van der Waals surface area contributed by atoms with Crippen LogP contribution in [-0.2, 0) is 0 Å². The lowest BCUT2D eigenvalue weighted by Crippen LogP contribution is -2.08. The molecule has 0 saturated carbocycles. The Labute approximate surface area is 99.0 Å². The maximum atomic E-state index is 11.6. The highest BCUT2D eigenvalue weighted by Crippen LogP contribution is 2.25. The Bertz CT molecular complexity index is 361. The molecule has 1 aromatic rings. The first-order valence-electron chi connectivity index (χ1n) is 5.09. The molecule has 0 bridgehead atoms. The molecule has 15 heavy (non-hydrogen) atoms. The molecule has 0 radical (unpaired) electrons. The normalized spacial score (nSPS) is 10.7. The first-order chi connectivity index (χ1) is 7.06. The van der Waals surface area contributed by atoms with E-state index >= 15 is 0 Å². The van der Waals surface area contributed by atoms with Crippen molar-refractivity contribution in [1.29, 1.82) is 0 Å². The van der Waals surface area contributed by atoms with E-state index in [-0.39, 0.29) is 5.78 Å². The Morgan fingerprint density at radius 1 is 1.47 bits per heavy atom. The maximum absolute atomic E-state index is 11.6. The predicted octanol–water partition coefficient (Wildman–Crippen LogP) is 3.10. The molecule has 3 heteroatoms. The summed E-state index contributed by atoms with van der Waals surface area (Å²) in [6.45, 7) is 4.66. The summed E-state index contributed by atoms with van der Waals surface area (Å²) in [4.78, 5) is 11.6. The monoisotopic (exact) mass is 269 g/mol. The van der Waals surface area contributed by atoms with Gasteiger partial charge in [0.25, 0.3) is 0 Å². The molecule has 0 atom stereocenters. The van der Waals surface area contributed by atoms with Gasteiger partial charge in [-0.2, -0.15) is 0 Å². The summed E-state index contributed by atoms with van der Waals surface area (Å²) < 4.78 is 1.00. The van der Waals surface area contributed by atoms with Gasteiger partial charge >= 0.3 is 0 Å². The Morgan fingerprint density at radius 2 is 2.13 bits per heavy atom. The molecule has 1 rings (SSSR count). The molecule has 2 nitrogen and oxygen atoms in total. The number of benzene rings is 1. The van der Waals surface area contributed by atoms with E-state index in [0.717, 1.165) is 10.0 Å². The Kier molecular flexibility index (Phi) is 4.48. The van der Waals surface area contributed by atoms with Crippen LogP contribution in [0.15, 0.2) is 22.7 Å². The molecule has 0 aliphatic rings. The van der Waals surface area contributed by atoms with Crippen LogP contribution in [0.3, 0.4) is 0 Å². The van der Waals surface area contributed by atoms with E-state index in [4.69, 9.17) is 5.73 Å². The number of hydrogen-bond donors (Lipinski definition) is 1. The zero-order valence-electron chi connectivity index (χ0n) is 9.09. The van der Waals surface area contributed by atoms with Crippen LogP contribution in [0.2, 0.25) is 0 Å². The summed E-state index contributed by atoms with van der Waals surface area (Å²) in [5, 5.41) is 0. The fraction of sp³-hybridized carbons (Fsp3) is 0.417. The van der Waals surface area contributed by atoms with Gasteiger partial charge in [0.1, 0.15) is 0 Å². The molecule has 0 spiro atoms. The van der Waals surface area contributed by atoms with Crippen molar-refractivity contribution in [3.05, 3.63) is 33.8 Å². The average Bonchev–Trinajstić information content (AvgIpc) is 2.17. The van der Waals surface area contributed by atoms with Crippen molar-refractivity contribution in [2.75, 3.05) is 6.54 Å². The molecule has 0 fully saturated rings. The van der Waals surface area contributed by atoms with E-state index < -0.39 is 0 Å². The summed E-state index contributed by atoms with van der Waals surface area (Å²) in [5.41, 5.74) is 7.31. The summed E-state index contributed by atoms with van der Waals surface area (Å²) in [5.74, 6) is 0.562. The van der Waals surface area contributed by atoms with Crippen LogP contribution in [-0.4, -0.2) is 12.3 Å². The summed E-state index contributed by atoms with van der Waals surface area (Å²) in [6.07, 6.45) is 0.410. The standard InChI is InChI=1S/C12H16BrNO/c1-8(2)10-4-3-9(7-11(10)13)12(15)5-6-14/h3-4,7-8H,5-6,14H2,1-2H3. The Morgan fingerprint density at radius 3 is 2.60 bits per heavy atom. The first-order valence-corrected chi connectivity index (χ1v) is 5.88. The van der Waals surface area contributed by atoms with Gasteiger partial charge in [-0.3, -0.25) is 4.79 Å². The van der Waals surface area contributed by atoms with Gasteiger partial charge in [0.05, 0.1) is 0 Å². The quantitative estimate of drug-likeness (QED) is 0.854. The molecule has 0 aliphatic carbocycles. The number of rotatable bonds is 4. The van der Waals surface area contributed by atoms with Gasteiger partial charge in [0.15, 0.2) is 5.78 Å². The molecule has 0 heterocycles. The van der Waals surface area contributed by atoms with Gasteiger partial charge in [-0.05, 0) is 24.1 Å². The summed E-state index contributed by atoms with van der Waals surface area (Å²) >= 11 is 3.48. The molecular weight excluding hydrogens is 254 g/mol. The minimum absolute atomic E-state index is 0.105. The largest absolute Gasteiger partial charge is 0.330 e. The highest BCUT2D eigenvalue weighted by Gasteiger charge is 2.09. The summed E-state index contributed by atoms with van der Waals surface area (Å²) in [6, 6.07) is 5.75. The molecular formula is C12H16BrNO. The topological polar surface area (TPSA) is 43.1 Å². The lowest BCUT2D eigenvalue weighted by molar-refractivity contribution is 0.0985. The highest BCUT2D eigenvalue weighted by molar-refractivity contribution is 9.10. The number of carbonyl (C=O) groups excluding carboxylic acids is 1. The van der Waals surface area contributed by atoms with Crippen molar-refractivity contribution < 1.29 is 4.79 Å². The molecule has 0 aromatic heterocycles. The first kappa shape index (κ1) is 12.4. The second-order valence-corrected chi connectivity index (χ2v) is 4.71. The fourth-order valence-electron chi connectivity index (χ4n) is 1.44. The second kappa shape index (κ2) is 5.42. The molecule has 82 valence electrons. The van der Waals surface area contributed by atoms with Crippen molar-refractivity contribution in [3.63, 3.8) is 0 Å². The number of hydrogen-bond acceptors (Lipinski definition) is 2. The Balaban J connectivity index is 2.96. The minimum Gasteiger partial charge on any atom is -0.330 e. The van der Waals surface area contributed by atoms with Crippen molar-refractivity contribution in [1.82, 2.24) is 0 Å².